The molecule has 1 atom stereocenters. The standard InChI is InChI=1S/C25H31ClN4O4/c1-25(9-10-25)17-33-16-21(24(32)30-14-12-29(2)13-15-30)28-22(31)20-4-3-11-27-23(20)34-19-7-5-18(26)6-8-19/h3-8,11,21H,9-10,12-17H2,1-2H3,(H,28,31)/t21-/m1/s1. The van der Waals surface area contributed by atoms with Crippen LogP contribution in [0, 0.1) is 5.41 Å². The Morgan fingerprint density at radius 3 is 2.53 bits per heavy atom. The largest absolute Gasteiger partial charge is 0.438 e. The lowest BCUT2D eigenvalue weighted by Crippen LogP contribution is -2.55. The SMILES string of the molecule is CN1CCN(C(=O)[C@@H](COCC2(C)CC2)NC(=O)c2cccnc2Oc2ccc(Cl)cc2)CC1. The molecule has 1 N–H and O–H groups in total. The molecular formula is C25H31ClN4O4. The molecule has 0 unspecified atom stereocenters. The molecule has 34 heavy (non-hydrogen) atoms. The second-order valence-electron chi connectivity index (χ2n) is 9.39. The number of piperazine rings is 1. The van der Waals surface area contributed by atoms with Crippen molar-refractivity contribution in [1.29, 1.82) is 0 Å². The second-order valence-corrected chi connectivity index (χ2v) is 9.83. The van der Waals surface area contributed by atoms with Gasteiger partial charge >= 0.3 is 0 Å². The van der Waals surface area contributed by atoms with Gasteiger partial charge in [-0.1, -0.05) is 18.5 Å². The fraction of sp³-hybridized carbons (Fsp3) is 0.480. The van der Waals surface area contributed by atoms with E-state index in [0.29, 0.717) is 30.5 Å². The summed E-state index contributed by atoms with van der Waals surface area (Å²) >= 11 is 5.94. The lowest BCUT2D eigenvalue weighted by atomic mass is 10.1. The van der Waals surface area contributed by atoms with Gasteiger partial charge < -0.3 is 24.6 Å². The third-order valence-electron chi connectivity index (χ3n) is 6.30. The molecule has 1 aliphatic heterocycles. The van der Waals surface area contributed by atoms with Crippen LogP contribution in [0.2, 0.25) is 5.02 Å². The maximum Gasteiger partial charge on any atom is 0.257 e. The average Bonchev–Trinajstić information content (AvgIpc) is 3.57. The second kappa shape index (κ2) is 10.7. The Morgan fingerprint density at radius 1 is 1.15 bits per heavy atom. The Balaban J connectivity index is 1.46. The molecular weight excluding hydrogens is 456 g/mol. The summed E-state index contributed by atoms with van der Waals surface area (Å²) in [5, 5.41) is 3.45. The van der Waals surface area contributed by atoms with Gasteiger partial charge in [-0.2, -0.15) is 0 Å². The normalized spacial score (nSPS) is 18.3. The number of rotatable bonds is 9. The zero-order chi connectivity index (χ0) is 24.1. The summed E-state index contributed by atoms with van der Waals surface area (Å²) in [4.78, 5) is 34.7. The van der Waals surface area contributed by atoms with Gasteiger partial charge in [0.2, 0.25) is 11.8 Å². The number of nitrogens with one attached hydrogen (secondary N) is 1. The zero-order valence-electron chi connectivity index (χ0n) is 19.6. The molecule has 2 heterocycles. The topological polar surface area (TPSA) is 84.0 Å². The highest BCUT2D eigenvalue weighted by Gasteiger charge is 2.38. The molecule has 0 spiro atoms. The molecule has 1 aromatic carbocycles. The number of nitrogens with zero attached hydrogens (tertiary/aromatic N) is 3. The number of benzene rings is 1. The molecule has 2 fully saturated rings. The first-order chi connectivity index (χ1) is 16.3. The van der Waals surface area contributed by atoms with Gasteiger partial charge in [-0.05, 0) is 61.7 Å². The van der Waals surface area contributed by atoms with Crippen molar-refractivity contribution in [1.82, 2.24) is 20.1 Å². The van der Waals surface area contributed by atoms with E-state index in [1.54, 1.807) is 47.5 Å². The maximum atomic E-state index is 13.3. The number of pyridine rings is 1. The van der Waals surface area contributed by atoms with Crippen molar-refractivity contribution in [2.75, 3.05) is 46.4 Å². The van der Waals surface area contributed by atoms with Crippen molar-refractivity contribution < 1.29 is 19.1 Å². The first kappa shape index (κ1) is 24.4. The Bertz CT molecular complexity index is 1000. The van der Waals surface area contributed by atoms with Gasteiger partial charge in [-0.3, -0.25) is 9.59 Å². The Morgan fingerprint density at radius 2 is 1.85 bits per heavy atom. The summed E-state index contributed by atoms with van der Waals surface area (Å²) in [5.41, 5.74) is 0.428. The Hall–Kier alpha value is -2.68. The van der Waals surface area contributed by atoms with E-state index in [1.807, 2.05) is 7.05 Å². The minimum absolute atomic E-state index is 0.125. The van der Waals surface area contributed by atoms with Gasteiger partial charge in [-0.25, -0.2) is 4.98 Å². The maximum absolute atomic E-state index is 13.3. The highest BCUT2D eigenvalue weighted by atomic mass is 35.5. The number of carbonyl (C=O) groups excluding carboxylic acids is 2. The summed E-state index contributed by atoms with van der Waals surface area (Å²) in [7, 11) is 2.03. The van der Waals surface area contributed by atoms with Crippen molar-refractivity contribution in [3.8, 4) is 11.6 Å². The molecule has 1 aromatic heterocycles. The van der Waals surface area contributed by atoms with E-state index in [9.17, 15) is 9.59 Å². The van der Waals surface area contributed by atoms with Gasteiger partial charge in [0.15, 0.2) is 0 Å². The van der Waals surface area contributed by atoms with Crippen molar-refractivity contribution >= 4 is 23.4 Å². The molecule has 1 aliphatic carbocycles. The predicted octanol–water partition coefficient (Wildman–Crippen LogP) is 3.22. The summed E-state index contributed by atoms with van der Waals surface area (Å²) < 4.78 is 11.7. The van der Waals surface area contributed by atoms with Crippen LogP contribution < -0.4 is 10.1 Å². The van der Waals surface area contributed by atoms with E-state index in [4.69, 9.17) is 21.1 Å². The number of carbonyl (C=O) groups is 2. The fourth-order valence-corrected chi connectivity index (χ4v) is 3.82. The molecule has 0 radical (unpaired) electrons. The van der Waals surface area contributed by atoms with Crippen molar-refractivity contribution in [3.05, 3.63) is 53.2 Å². The van der Waals surface area contributed by atoms with Crippen LogP contribution in [0.1, 0.15) is 30.1 Å². The van der Waals surface area contributed by atoms with Gasteiger partial charge in [0.1, 0.15) is 17.4 Å². The van der Waals surface area contributed by atoms with Gasteiger partial charge in [0, 0.05) is 37.4 Å². The number of ether oxygens (including phenoxy) is 2. The highest BCUT2D eigenvalue weighted by Crippen LogP contribution is 2.44. The molecule has 0 bridgehead atoms. The number of amides is 2. The van der Waals surface area contributed by atoms with Crippen LogP contribution in [-0.2, 0) is 9.53 Å². The van der Waals surface area contributed by atoms with Crippen LogP contribution >= 0.6 is 11.6 Å². The van der Waals surface area contributed by atoms with Gasteiger partial charge in [0.05, 0.1) is 13.2 Å². The lowest BCUT2D eigenvalue weighted by Gasteiger charge is -2.34. The van der Waals surface area contributed by atoms with Gasteiger partial charge in [0.25, 0.3) is 5.91 Å². The summed E-state index contributed by atoms with van der Waals surface area (Å²) in [6.07, 6.45) is 3.80. The summed E-state index contributed by atoms with van der Waals surface area (Å²) in [6, 6.07) is 9.28. The van der Waals surface area contributed by atoms with Crippen molar-refractivity contribution in [2.24, 2.45) is 5.41 Å². The number of aromatic nitrogens is 1. The monoisotopic (exact) mass is 486 g/mol. The van der Waals surface area contributed by atoms with Crippen LogP contribution in [0.3, 0.4) is 0 Å². The quantitative estimate of drug-likeness (QED) is 0.586. The summed E-state index contributed by atoms with van der Waals surface area (Å²) in [6.45, 7) is 5.71. The van der Waals surface area contributed by atoms with Crippen LogP contribution in [-0.4, -0.2) is 79.1 Å². The van der Waals surface area contributed by atoms with Crippen molar-refractivity contribution in [2.45, 2.75) is 25.8 Å². The lowest BCUT2D eigenvalue weighted by molar-refractivity contribution is -0.136. The molecule has 1 saturated carbocycles. The third-order valence-corrected chi connectivity index (χ3v) is 6.55. The van der Waals surface area contributed by atoms with E-state index in [-0.39, 0.29) is 29.4 Å². The molecule has 1 saturated heterocycles. The minimum atomic E-state index is -0.790. The van der Waals surface area contributed by atoms with Crippen LogP contribution in [0.5, 0.6) is 11.6 Å². The average molecular weight is 487 g/mol. The molecule has 182 valence electrons. The smallest absolute Gasteiger partial charge is 0.257 e. The van der Waals surface area contributed by atoms with E-state index >= 15 is 0 Å². The highest BCUT2D eigenvalue weighted by molar-refractivity contribution is 6.30. The van der Waals surface area contributed by atoms with E-state index in [2.05, 4.69) is 22.1 Å². The first-order valence-electron chi connectivity index (χ1n) is 11.6. The van der Waals surface area contributed by atoms with E-state index in [0.717, 1.165) is 25.9 Å². The molecule has 2 amide bonds. The van der Waals surface area contributed by atoms with Crippen LogP contribution in [0.15, 0.2) is 42.6 Å². The van der Waals surface area contributed by atoms with Gasteiger partial charge in [-0.15, -0.1) is 0 Å². The van der Waals surface area contributed by atoms with E-state index < -0.39 is 11.9 Å². The molecule has 9 heteroatoms. The number of hydrogen-bond acceptors (Lipinski definition) is 6. The van der Waals surface area contributed by atoms with E-state index in [1.165, 1.54) is 0 Å². The van der Waals surface area contributed by atoms with Crippen LogP contribution in [0.25, 0.3) is 0 Å². The number of halogens is 1. The molecule has 8 nitrogen and oxygen atoms in total. The van der Waals surface area contributed by atoms with Crippen LogP contribution in [0.4, 0.5) is 0 Å². The third kappa shape index (κ3) is 6.46. The predicted molar refractivity (Wildman–Crippen MR) is 129 cm³/mol. The number of likely N-dealkylation sites (N-methyl/N-ethyl adjacent to an activating group) is 1. The Kier molecular flexibility index (Phi) is 7.70. The Labute approximate surface area is 205 Å². The molecule has 2 aliphatic rings. The first-order valence-corrected chi connectivity index (χ1v) is 12.0. The fourth-order valence-electron chi connectivity index (χ4n) is 3.70. The number of hydrogen-bond donors (Lipinski definition) is 1. The minimum Gasteiger partial charge on any atom is -0.438 e. The zero-order valence-corrected chi connectivity index (χ0v) is 20.4. The van der Waals surface area contributed by atoms with Crippen molar-refractivity contribution in [3.63, 3.8) is 0 Å². The molecule has 2 aromatic rings. The summed E-state index contributed by atoms with van der Waals surface area (Å²) in [5.74, 6) is 0.0833. The molecule has 4 rings (SSSR count).